The number of anilines is 2. The molecule has 2 aromatic carbocycles. The normalized spacial score (nSPS) is 13.2. The van der Waals surface area contributed by atoms with Crippen molar-refractivity contribution in [1.82, 2.24) is 9.97 Å². The minimum absolute atomic E-state index is 0.137. The van der Waals surface area contributed by atoms with Crippen LogP contribution in [0.25, 0.3) is 11.0 Å². The molecular weight excluding hydrogens is 312 g/mol. The Morgan fingerprint density at radius 2 is 1.80 bits per heavy atom. The fourth-order valence-corrected chi connectivity index (χ4v) is 3.19. The number of carbonyl (C=O) groups is 1. The Bertz CT molecular complexity index is 996. The highest BCUT2D eigenvalue weighted by molar-refractivity contribution is 6.06. The summed E-state index contributed by atoms with van der Waals surface area (Å²) in [6.45, 7) is 4.89. The molecule has 0 bridgehead atoms. The fourth-order valence-electron chi connectivity index (χ4n) is 3.19. The van der Waals surface area contributed by atoms with Gasteiger partial charge in [0.05, 0.1) is 22.4 Å². The first-order chi connectivity index (χ1) is 12.0. The third kappa shape index (κ3) is 2.82. The van der Waals surface area contributed by atoms with Crippen LogP contribution in [0.5, 0.6) is 0 Å². The smallest absolute Gasteiger partial charge is 0.255 e. The molecule has 126 valence electrons. The average molecular weight is 332 g/mol. The number of carbonyl (C=O) groups excluding carboxylic acids is 1. The van der Waals surface area contributed by atoms with E-state index in [1.54, 1.807) is 12.1 Å². The summed E-state index contributed by atoms with van der Waals surface area (Å²) in [6, 6.07) is 11.5. The number of amides is 1. The maximum Gasteiger partial charge on any atom is 0.255 e. The zero-order chi connectivity index (χ0) is 17.6. The summed E-state index contributed by atoms with van der Waals surface area (Å²) in [5.41, 5.74) is 7.24. The van der Waals surface area contributed by atoms with E-state index in [0.717, 1.165) is 41.1 Å². The van der Waals surface area contributed by atoms with Gasteiger partial charge in [-0.05, 0) is 56.2 Å². The van der Waals surface area contributed by atoms with E-state index in [0.29, 0.717) is 5.56 Å². The minimum atomic E-state index is -0.137. The van der Waals surface area contributed by atoms with Crippen LogP contribution in [0, 0.1) is 13.8 Å². The molecule has 25 heavy (non-hydrogen) atoms. The third-order valence-corrected chi connectivity index (χ3v) is 4.81. The SMILES string of the molecule is Cc1nc2ccc(C(=O)Nc3ccc4c(c3)N(C)CC4)cc2nc1C. The highest BCUT2D eigenvalue weighted by atomic mass is 16.1. The van der Waals surface area contributed by atoms with Gasteiger partial charge in [0.15, 0.2) is 0 Å². The summed E-state index contributed by atoms with van der Waals surface area (Å²) in [5.74, 6) is -0.137. The predicted octanol–water partition coefficient (Wildman–Crippen LogP) is 3.49. The van der Waals surface area contributed by atoms with Gasteiger partial charge in [-0.3, -0.25) is 4.79 Å². The fraction of sp³-hybridized carbons (Fsp3) is 0.250. The van der Waals surface area contributed by atoms with Gasteiger partial charge in [-0.15, -0.1) is 0 Å². The number of nitrogens with zero attached hydrogens (tertiary/aromatic N) is 3. The Hall–Kier alpha value is -2.95. The summed E-state index contributed by atoms with van der Waals surface area (Å²) >= 11 is 0. The predicted molar refractivity (Wildman–Crippen MR) is 100 cm³/mol. The Morgan fingerprint density at radius 3 is 2.60 bits per heavy atom. The second-order valence-corrected chi connectivity index (χ2v) is 6.57. The number of aromatic nitrogens is 2. The monoisotopic (exact) mass is 332 g/mol. The van der Waals surface area contributed by atoms with E-state index < -0.39 is 0 Å². The van der Waals surface area contributed by atoms with Crippen LogP contribution in [-0.2, 0) is 6.42 Å². The molecule has 0 spiro atoms. The Balaban J connectivity index is 1.62. The van der Waals surface area contributed by atoms with Gasteiger partial charge in [-0.2, -0.15) is 0 Å². The lowest BCUT2D eigenvalue weighted by atomic mass is 10.1. The molecule has 1 amide bonds. The highest BCUT2D eigenvalue weighted by Crippen LogP contribution is 2.29. The van der Waals surface area contributed by atoms with Gasteiger partial charge in [0.2, 0.25) is 0 Å². The van der Waals surface area contributed by atoms with E-state index in [1.165, 1.54) is 11.3 Å². The second kappa shape index (κ2) is 5.84. The van der Waals surface area contributed by atoms with Crippen molar-refractivity contribution in [2.24, 2.45) is 0 Å². The Kier molecular flexibility index (Phi) is 3.64. The van der Waals surface area contributed by atoms with Crippen LogP contribution in [0.1, 0.15) is 27.3 Å². The largest absolute Gasteiger partial charge is 0.374 e. The van der Waals surface area contributed by atoms with Gasteiger partial charge in [0.1, 0.15) is 0 Å². The van der Waals surface area contributed by atoms with Crippen LogP contribution in [0.15, 0.2) is 36.4 Å². The number of aryl methyl sites for hydroxylation is 2. The van der Waals surface area contributed by atoms with Crippen LogP contribution < -0.4 is 10.2 Å². The molecule has 5 heteroatoms. The average Bonchev–Trinajstić information content (AvgIpc) is 2.96. The van der Waals surface area contributed by atoms with Crippen molar-refractivity contribution in [2.45, 2.75) is 20.3 Å². The topological polar surface area (TPSA) is 58.1 Å². The van der Waals surface area contributed by atoms with E-state index in [-0.39, 0.29) is 5.91 Å². The van der Waals surface area contributed by atoms with Crippen molar-refractivity contribution in [2.75, 3.05) is 23.8 Å². The van der Waals surface area contributed by atoms with Crippen molar-refractivity contribution in [3.05, 3.63) is 58.9 Å². The lowest BCUT2D eigenvalue weighted by Gasteiger charge is -2.13. The molecule has 0 aliphatic carbocycles. The van der Waals surface area contributed by atoms with Gasteiger partial charge in [-0.1, -0.05) is 6.07 Å². The first-order valence-corrected chi connectivity index (χ1v) is 8.42. The number of hydrogen-bond acceptors (Lipinski definition) is 4. The van der Waals surface area contributed by atoms with Gasteiger partial charge >= 0.3 is 0 Å². The molecule has 1 aliphatic rings. The number of rotatable bonds is 2. The number of hydrogen-bond donors (Lipinski definition) is 1. The molecule has 4 rings (SSSR count). The van der Waals surface area contributed by atoms with Gasteiger partial charge in [-0.25, -0.2) is 9.97 Å². The van der Waals surface area contributed by atoms with E-state index in [2.05, 4.69) is 33.3 Å². The highest BCUT2D eigenvalue weighted by Gasteiger charge is 2.16. The molecule has 0 unspecified atom stereocenters. The van der Waals surface area contributed by atoms with E-state index in [4.69, 9.17) is 0 Å². The van der Waals surface area contributed by atoms with Crippen molar-refractivity contribution < 1.29 is 4.79 Å². The maximum absolute atomic E-state index is 12.6. The first kappa shape index (κ1) is 15.6. The number of benzene rings is 2. The molecule has 0 saturated heterocycles. The summed E-state index contributed by atoms with van der Waals surface area (Å²) < 4.78 is 0. The number of likely N-dealkylation sites (N-methyl/N-ethyl adjacent to an activating group) is 1. The number of nitrogens with one attached hydrogen (secondary N) is 1. The van der Waals surface area contributed by atoms with Crippen molar-refractivity contribution in [3.8, 4) is 0 Å². The standard InChI is InChI=1S/C20H20N4O/c1-12-13(2)22-18-10-15(5-7-17(18)21-12)20(25)23-16-6-4-14-8-9-24(3)19(14)11-16/h4-7,10-11H,8-9H2,1-3H3,(H,23,25). The van der Waals surface area contributed by atoms with Gasteiger partial charge < -0.3 is 10.2 Å². The quantitative estimate of drug-likeness (QED) is 0.780. The minimum Gasteiger partial charge on any atom is -0.374 e. The zero-order valence-corrected chi connectivity index (χ0v) is 14.6. The van der Waals surface area contributed by atoms with Crippen LogP contribution in [-0.4, -0.2) is 29.5 Å². The second-order valence-electron chi connectivity index (χ2n) is 6.57. The maximum atomic E-state index is 12.6. The summed E-state index contributed by atoms with van der Waals surface area (Å²) in [7, 11) is 2.07. The molecule has 1 N–H and O–H groups in total. The molecular formula is C20H20N4O. The molecule has 2 heterocycles. The molecule has 0 radical (unpaired) electrons. The summed E-state index contributed by atoms with van der Waals surface area (Å²) in [5, 5.41) is 2.99. The lowest BCUT2D eigenvalue weighted by Crippen LogP contribution is -2.14. The molecule has 5 nitrogen and oxygen atoms in total. The van der Waals surface area contributed by atoms with Gasteiger partial charge in [0.25, 0.3) is 5.91 Å². The molecule has 1 aromatic heterocycles. The van der Waals surface area contributed by atoms with Gasteiger partial charge in [0, 0.05) is 30.5 Å². The Labute approximate surface area is 146 Å². The third-order valence-electron chi connectivity index (χ3n) is 4.81. The van der Waals surface area contributed by atoms with Crippen molar-refractivity contribution in [3.63, 3.8) is 0 Å². The molecule has 3 aromatic rings. The van der Waals surface area contributed by atoms with E-state index in [9.17, 15) is 4.79 Å². The summed E-state index contributed by atoms with van der Waals surface area (Å²) in [4.78, 5) is 23.9. The lowest BCUT2D eigenvalue weighted by molar-refractivity contribution is 0.102. The zero-order valence-electron chi connectivity index (χ0n) is 14.6. The van der Waals surface area contributed by atoms with Crippen LogP contribution in [0.4, 0.5) is 11.4 Å². The van der Waals surface area contributed by atoms with E-state index in [1.807, 2.05) is 32.0 Å². The Morgan fingerprint density at radius 1 is 1.04 bits per heavy atom. The molecule has 0 saturated carbocycles. The van der Waals surface area contributed by atoms with Crippen molar-refractivity contribution >= 4 is 28.3 Å². The van der Waals surface area contributed by atoms with Crippen molar-refractivity contribution in [1.29, 1.82) is 0 Å². The molecule has 0 fully saturated rings. The first-order valence-electron chi connectivity index (χ1n) is 8.42. The van der Waals surface area contributed by atoms with Crippen LogP contribution in [0.3, 0.4) is 0 Å². The van der Waals surface area contributed by atoms with Crippen LogP contribution in [0.2, 0.25) is 0 Å². The van der Waals surface area contributed by atoms with E-state index >= 15 is 0 Å². The molecule has 0 atom stereocenters. The number of fused-ring (bicyclic) bond motifs is 2. The molecule has 1 aliphatic heterocycles. The van der Waals surface area contributed by atoms with Crippen LogP contribution >= 0.6 is 0 Å². The summed E-state index contributed by atoms with van der Waals surface area (Å²) in [6.07, 6.45) is 1.06.